The lowest BCUT2D eigenvalue weighted by molar-refractivity contribution is -0.125. The number of hydrogen-bond donors (Lipinski definition) is 2. The predicted molar refractivity (Wildman–Crippen MR) is 107 cm³/mol. The molecule has 160 valence electrons. The van der Waals surface area contributed by atoms with Crippen molar-refractivity contribution in [3.8, 4) is 0 Å². The molecule has 2 amide bonds. The lowest BCUT2D eigenvalue weighted by Crippen LogP contribution is -2.23. The van der Waals surface area contributed by atoms with Crippen LogP contribution in [0.5, 0.6) is 0 Å². The van der Waals surface area contributed by atoms with Crippen molar-refractivity contribution in [2.24, 2.45) is 0 Å². The first-order valence-electron chi connectivity index (χ1n) is 8.47. The van der Waals surface area contributed by atoms with Crippen LogP contribution in [0.4, 0.5) is 27.8 Å². The Hall–Kier alpha value is -3.16. The van der Waals surface area contributed by atoms with Crippen LogP contribution in [0.2, 0.25) is 0 Å². The summed E-state index contributed by atoms with van der Waals surface area (Å²) in [5.74, 6) is -4.55. The molecular formula is C18H10F4N4O3S2. The Morgan fingerprint density at radius 2 is 1.19 bits per heavy atom. The number of anilines is 2. The van der Waals surface area contributed by atoms with Crippen molar-refractivity contribution < 1.29 is 31.9 Å². The Bertz CT molecular complexity index is 1220. The molecule has 2 N–H and O–H groups in total. The first-order valence-corrected chi connectivity index (χ1v) is 10.1. The van der Waals surface area contributed by atoms with E-state index in [4.69, 9.17) is 4.74 Å². The van der Waals surface area contributed by atoms with E-state index in [2.05, 4.69) is 20.6 Å². The number of nitrogens with one attached hydrogen (secondary N) is 2. The fourth-order valence-electron chi connectivity index (χ4n) is 2.57. The summed E-state index contributed by atoms with van der Waals surface area (Å²) in [6.07, 6.45) is 0. The zero-order valence-electron chi connectivity index (χ0n) is 15.2. The number of carbonyl (C=O) groups excluding carboxylic acids is 2. The molecule has 2 heterocycles. The van der Waals surface area contributed by atoms with Gasteiger partial charge in [-0.2, -0.15) is 0 Å². The molecule has 0 saturated heterocycles. The van der Waals surface area contributed by atoms with E-state index < -0.39 is 48.3 Å². The molecule has 31 heavy (non-hydrogen) atoms. The number of fused-ring (bicyclic) bond motifs is 2. The summed E-state index contributed by atoms with van der Waals surface area (Å²) in [6, 6.07) is 3.56. The highest BCUT2D eigenvalue weighted by Crippen LogP contribution is 2.29. The lowest BCUT2D eigenvalue weighted by Gasteiger charge is -2.04. The first kappa shape index (κ1) is 21.1. The molecule has 4 rings (SSSR count). The van der Waals surface area contributed by atoms with E-state index in [1.54, 1.807) is 0 Å². The van der Waals surface area contributed by atoms with Crippen molar-refractivity contribution in [1.82, 2.24) is 9.97 Å². The number of halogens is 4. The second-order valence-corrected chi connectivity index (χ2v) is 8.16. The topological polar surface area (TPSA) is 93.2 Å². The van der Waals surface area contributed by atoms with Gasteiger partial charge in [-0.05, 0) is 12.1 Å². The average Bonchev–Trinajstić information content (AvgIpc) is 3.25. The highest BCUT2D eigenvalue weighted by molar-refractivity contribution is 7.22. The van der Waals surface area contributed by atoms with E-state index in [1.165, 1.54) is 0 Å². The fraction of sp³-hybridized carbons (Fsp3) is 0.111. The molecule has 0 atom stereocenters. The molecular weight excluding hydrogens is 460 g/mol. The van der Waals surface area contributed by atoms with Gasteiger partial charge >= 0.3 is 0 Å². The Morgan fingerprint density at radius 3 is 1.61 bits per heavy atom. The molecule has 0 unspecified atom stereocenters. The molecule has 0 bridgehead atoms. The minimum Gasteiger partial charge on any atom is -0.362 e. The smallest absolute Gasteiger partial charge is 0.252 e. The largest absolute Gasteiger partial charge is 0.362 e. The van der Waals surface area contributed by atoms with Crippen LogP contribution in [0.15, 0.2) is 24.3 Å². The van der Waals surface area contributed by atoms with Crippen LogP contribution >= 0.6 is 22.7 Å². The fourth-order valence-corrected chi connectivity index (χ4v) is 4.41. The molecule has 0 aliphatic rings. The van der Waals surface area contributed by atoms with Gasteiger partial charge in [-0.15, -0.1) is 0 Å². The van der Waals surface area contributed by atoms with Crippen LogP contribution in [-0.2, 0) is 14.3 Å². The maximum Gasteiger partial charge on any atom is 0.252 e. The molecule has 2 aromatic heterocycles. The van der Waals surface area contributed by atoms with Crippen LogP contribution in [-0.4, -0.2) is 35.0 Å². The number of benzene rings is 2. The zero-order chi connectivity index (χ0) is 22.1. The monoisotopic (exact) mass is 470 g/mol. The zero-order valence-corrected chi connectivity index (χ0v) is 16.8. The van der Waals surface area contributed by atoms with Crippen LogP contribution in [0.1, 0.15) is 0 Å². The van der Waals surface area contributed by atoms with Gasteiger partial charge in [0.1, 0.15) is 35.9 Å². The average molecular weight is 470 g/mol. The van der Waals surface area contributed by atoms with Gasteiger partial charge in [0.15, 0.2) is 21.9 Å². The summed E-state index contributed by atoms with van der Waals surface area (Å²) in [5, 5.41) is 4.82. The molecule has 0 aliphatic heterocycles. The predicted octanol–water partition coefficient (Wildman–Crippen LogP) is 4.06. The molecule has 4 aromatic rings. The number of carbonyl (C=O) groups is 2. The van der Waals surface area contributed by atoms with Gasteiger partial charge in [-0.25, -0.2) is 27.5 Å². The van der Waals surface area contributed by atoms with Crippen LogP contribution < -0.4 is 10.6 Å². The number of hydrogen-bond acceptors (Lipinski definition) is 7. The number of thiazole rings is 2. The van der Waals surface area contributed by atoms with Gasteiger partial charge in [0, 0.05) is 12.1 Å². The molecule has 7 nitrogen and oxygen atoms in total. The summed E-state index contributed by atoms with van der Waals surface area (Å²) < 4.78 is 59.2. The normalized spacial score (nSPS) is 11.2. The molecule has 13 heteroatoms. The minimum atomic E-state index is -0.850. The summed E-state index contributed by atoms with van der Waals surface area (Å²) in [7, 11) is 0. The van der Waals surface area contributed by atoms with Crippen molar-refractivity contribution >= 4 is 65.2 Å². The minimum absolute atomic E-state index is 0.0429. The van der Waals surface area contributed by atoms with Gasteiger partial charge in [0.25, 0.3) is 11.8 Å². The number of ether oxygens (including phenoxy) is 1. The molecule has 0 aliphatic carbocycles. The second kappa shape index (κ2) is 8.53. The molecule has 0 saturated carbocycles. The number of amides is 2. The summed E-state index contributed by atoms with van der Waals surface area (Å²) >= 11 is 1.75. The summed E-state index contributed by atoms with van der Waals surface area (Å²) in [4.78, 5) is 31.6. The van der Waals surface area contributed by atoms with Crippen LogP contribution in [0, 0.1) is 23.3 Å². The summed E-state index contributed by atoms with van der Waals surface area (Å²) in [6.45, 7) is -1.03. The first-order chi connectivity index (χ1) is 14.8. The number of nitrogens with zero attached hydrogens (tertiary/aromatic N) is 2. The van der Waals surface area contributed by atoms with E-state index in [0.717, 1.165) is 34.8 Å². The Balaban J connectivity index is 1.29. The Morgan fingerprint density at radius 1 is 0.774 bits per heavy atom. The lowest BCUT2D eigenvalue weighted by atomic mass is 10.3. The van der Waals surface area contributed by atoms with E-state index >= 15 is 0 Å². The van der Waals surface area contributed by atoms with Crippen molar-refractivity contribution in [2.45, 2.75) is 0 Å². The third kappa shape index (κ3) is 4.78. The van der Waals surface area contributed by atoms with Gasteiger partial charge in [0.2, 0.25) is 0 Å². The molecule has 0 radical (unpaired) electrons. The van der Waals surface area contributed by atoms with Crippen molar-refractivity contribution in [3.63, 3.8) is 0 Å². The quantitative estimate of drug-likeness (QED) is 0.415. The van der Waals surface area contributed by atoms with Crippen LogP contribution in [0.3, 0.4) is 0 Å². The SMILES string of the molecule is O=C(COCC(=O)Nc1nc2c(F)cc(F)cc2s1)Nc1nc2c(F)cc(F)cc2s1. The van der Waals surface area contributed by atoms with Gasteiger partial charge in [-0.3, -0.25) is 20.2 Å². The highest BCUT2D eigenvalue weighted by Gasteiger charge is 2.15. The molecule has 2 aromatic carbocycles. The third-order valence-corrected chi connectivity index (χ3v) is 5.62. The van der Waals surface area contributed by atoms with E-state index in [1.807, 2.05) is 0 Å². The molecule has 0 spiro atoms. The van der Waals surface area contributed by atoms with Crippen molar-refractivity contribution in [1.29, 1.82) is 0 Å². The maximum atomic E-state index is 13.7. The van der Waals surface area contributed by atoms with E-state index in [-0.39, 0.29) is 30.7 Å². The standard InChI is InChI=1S/C18H10F4N4O3S2/c19-7-1-9(21)15-11(3-7)30-17(25-15)23-13(27)5-29-6-14(28)24-18-26-16-10(22)2-8(20)4-12(16)31-18/h1-4H,5-6H2,(H,23,25,27)(H,24,26,28). The maximum absolute atomic E-state index is 13.7. The Kier molecular flexibility index (Phi) is 5.80. The number of rotatable bonds is 6. The van der Waals surface area contributed by atoms with Gasteiger partial charge in [0.05, 0.1) is 9.40 Å². The Labute approximate surface area is 178 Å². The third-order valence-electron chi connectivity index (χ3n) is 3.79. The highest BCUT2D eigenvalue weighted by atomic mass is 32.1. The van der Waals surface area contributed by atoms with Crippen molar-refractivity contribution in [2.75, 3.05) is 23.8 Å². The second-order valence-electron chi connectivity index (χ2n) is 6.10. The van der Waals surface area contributed by atoms with Gasteiger partial charge in [-0.1, -0.05) is 22.7 Å². The van der Waals surface area contributed by atoms with E-state index in [9.17, 15) is 27.2 Å². The van der Waals surface area contributed by atoms with Crippen molar-refractivity contribution in [3.05, 3.63) is 47.5 Å². The number of aromatic nitrogens is 2. The van der Waals surface area contributed by atoms with E-state index in [0.29, 0.717) is 12.1 Å². The molecule has 0 fully saturated rings. The summed E-state index contributed by atoms with van der Waals surface area (Å²) in [5.41, 5.74) is -0.150. The van der Waals surface area contributed by atoms with Gasteiger partial charge < -0.3 is 4.74 Å². The van der Waals surface area contributed by atoms with Crippen LogP contribution in [0.25, 0.3) is 20.4 Å².